The minimum absolute atomic E-state index is 0.0272. The Balaban J connectivity index is 1.18. The van der Waals surface area contributed by atoms with Gasteiger partial charge in [0.05, 0.1) is 11.9 Å². The summed E-state index contributed by atoms with van der Waals surface area (Å²) in [6.45, 7) is 2.18. The summed E-state index contributed by atoms with van der Waals surface area (Å²) in [5.41, 5.74) is -0.123. The molecule has 1 amide bonds. The first-order chi connectivity index (χ1) is 13.2. The van der Waals surface area contributed by atoms with Crippen LogP contribution in [0.1, 0.15) is 66.7 Å². The molecule has 2 aliphatic heterocycles. The summed E-state index contributed by atoms with van der Waals surface area (Å²) in [6.07, 6.45) is 8.51. The minimum Gasteiger partial charge on any atom is -0.459 e. The third kappa shape index (κ3) is 3.52. The molecule has 7 heteroatoms. The molecular formula is C20H25N3O4. The predicted octanol–water partition coefficient (Wildman–Crippen LogP) is 3.18. The standard InChI is InChI=1S/C20H25N3O4/c24-19(16-2-1-10-25-16)23-8-6-20(7-9-23)13-14(5-11-26-20)12-17-21-18(22-27-17)15-3-4-15/h1-2,10,14-15H,3-9,11-13H2. The van der Waals surface area contributed by atoms with Crippen molar-refractivity contribution < 1.29 is 18.5 Å². The van der Waals surface area contributed by atoms with Crippen LogP contribution in [0, 0.1) is 5.92 Å². The van der Waals surface area contributed by atoms with Crippen molar-refractivity contribution in [2.24, 2.45) is 5.92 Å². The SMILES string of the molecule is O=C(c1ccco1)N1CCC2(CC1)CC(Cc1nc(C3CC3)no1)CCO2. The Morgan fingerprint density at radius 3 is 2.85 bits per heavy atom. The van der Waals surface area contributed by atoms with Crippen LogP contribution in [0.5, 0.6) is 0 Å². The van der Waals surface area contributed by atoms with Gasteiger partial charge in [-0.15, -0.1) is 0 Å². The maximum Gasteiger partial charge on any atom is 0.289 e. The van der Waals surface area contributed by atoms with Crippen LogP contribution < -0.4 is 0 Å². The highest BCUT2D eigenvalue weighted by Gasteiger charge is 2.42. The number of carbonyl (C=O) groups is 1. The van der Waals surface area contributed by atoms with Crippen LogP contribution in [-0.2, 0) is 11.2 Å². The molecule has 144 valence electrons. The number of piperidine rings is 1. The lowest BCUT2D eigenvalue weighted by molar-refractivity contribution is -0.124. The Morgan fingerprint density at radius 1 is 1.26 bits per heavy atom. The second kappa shape index (κ2) is 6.78. The van der Waals surface area contributed by atoms with Gasteiger partial charge in [-0.2, -0.15) is 4.98 Å². The maximum absolute atomic E-state index is 12.5. The van der Waals surface area contributed by atoms with E-state index >= 15 is 0 Å². The van der Waals surface area contributed by atoms with Crippen molar-refractivity contribution in [2.75, 3.05) is 19.7 Å². The first kappa shape index (κ1) is 17.0. The molecule has 2 aromatic rings. The zero-order valence-electron chi connectivity index (χ0n) is 15.4. The van der Waals surface area contributed by atoms with Crippen LogP contribution in [0.25, 0.3) is 0 Å². The fourth-order valence-corrected chi connectivity index (χ4v) is 4.43. The quantitative estimate of drug-likeness (QED) is 0.821. The second-order valence-corrected chi connectivity index (χ2v) is 8.18. The summed E-state index contributed by atoms with van der Waals surface area (Å²) < 4.78 is 16.9. The Morgan fingerprint density at radius 2 is 2.11 bits per heavy atom. The van der Waals surface area contributed by atoms with Gasteiger partial charge in [-0.1, -0.05) is 5.16 Å². The fourth-order valence-electron chi connectivity index (χ4n) is 4.43. The average molecular weight is 371 g/mol. The van der Waals surface area contributed by atoms with Crippen LogP contribution in [-0.4, -0.2) is 46.2 Å². The largest absolute Gasteiger partial charge is 0.459 e. The number of carbonyl (C=O) groups excluding carboxylic acids is 1. The lowest BCUT2D eigenvalue weighted by Crippen LogP contribution is -2.51. The number of nitrogens with zero attached hydrogens (tertiary/aromatic N) is 3. The van der Waals surface area contributed by atoms with E-state index in [1.54, 1.807) is 18.4 Å². The zero-order valence-corrected chi connectivity index (χ0v) is 15.4. The molecular weight excluding hydrogens is 346 g/mol. The van der Waals surface area contributed by atoms with Crippen molar-refractivity contribution in [1.82, 2.24) is 15.0 Å². The zero-order chi connectivity index (χ0) is 18.3. The van der Waals surface area contributed by atoms with Crippen molar-refractivity contribution in [3.63, 3.8) is 0 Å². The highest BCUT2D eigenvalue weighted by Crippen LogP contribution is 2.40. The van der Waals surface area contributed by atoms with Crippen molar-refractivity contribution in [3.8, 4) is 0 Å². The number of likely N-dealkylation sites (tertiary alicyclic amines) is 1. The molecule has 7 nitrogen and oxygen atoms in total. The van der Waals surface area contributed by atoms with E-state index in [0.717, 1.165) is 50.4 Å². The third-order valence-electron chi connectivity index (χ3n) is 6.18. The molecule has 4 heterocycles. The highest BCUT2D eigenvalue weighted by molar-refractivity contribution is 5.91. The lowest BCUT2D eigenvalue weighted by atomic mass is 9.78. The molecule has 0 radical (unpaired) electrons. The van der Waals surface area contributed by atoms with E-state index in [0.29, 0.717) is 30.7 Å². The van der Waals surface area contributed by atoms with Gasteiger partial charge in [-0.25, -0.2) is 0 Å². The Hall–Kier alpha value is -2.15. The molecule has 5 rings (SSSR count). The van der Waals surface area contributed by atoms with Gasteiger partial charge in [-0.3, -0.25) is 4.79 Å². The number of hydrogen-bond donors (Lipinski definition) is 0. The molecule has 2 aromatic heterocycles. The summed E-state index contributed by atoms with van der Waals surface area (Å²) in [6, 6.07) is 3.47. The van der Waals surface area contributed by atoms with E-state index in [9.17, 15) is 4.79 Å². The molecule has 3 fully saturated rings. The first-order valence-electron chi connectivity index (χ1n) is 10.00. The third-order valence-corrected chi connectivity index (χ3v) is 6.18. The van der Waals surface area contributed by atoms with Gasteiger partial charge in [-0.05, 0) is 56.6 Å². The molecule has 27 heavy (non-hydrogen) atoms. The van der Waals surface area contributed by atoms with Crippen molar-refractivity contribution in [2.45, 2.75) is 56.5 Å². The molecule has 1 saturated carbocycles. The Bertz CT molecular complexity index is 788. The molecule has 3 aliphatic rings. The van der Waals surface area contributed by atoms with Crippen molar-refractivity contribution in [3.05, 3.63) is 35.9 Å². The summed E-state index contributed by atoms with van der Waals surface area (Å²) >= 11 is 0. The molecule has 0 aromatic carbocycles. The average Bonchev–Trinajstić information content (AvgIpc) is 3.18. The van der Waals surface area contributed by atoms with Crippen LogP contribution in [0.4, 0.5) is 0 Å². The number of aromatic nitrogens is 2. The van der Waals surface area contributed by atoms with E-state index in [1.165, 1.54) is 12.8 Å². The number of rotatable bonds is 4. The van der Waals surface area contributed by atoms with E-state index in [1.807, 2.05) is 4.90 Å². The lowest BCUT2D eigenvalue weighted by Gasteiger charge is -2.46. The summed E-state index contributed by atoms with van der Waals surface area (Å²) in [5.74, 6) is 3.07. The highest BCUT2D eigenvalue weighted by atomic mass is 16.5. The smallest absolute Gasteiger partial charge is 0.289 e. The second-order valence-electron chi connectivity index (χ2n) is 8.18. The van der Waals surface area contributed by atoms with Crippen molar-refractivity contribution >= 4 is 5.91 Å². The predicted molar refractivity (Wildman–Crippen MR) is 95.2 cm³/mol. The number of amides is 1. The molecule has 1 aliphatic carbocycles. The van der Waals surface area contributed by atoms with Crippen LogP contribution in [0.15, 0.2) is 27.3 Å². The fraction of sp³-hybridized carbons (Fsp3) is 0.650. The minimum atomic E-state index is -0.123. The maximum atomic E-state index is 12.5. The van der Waals surface area contributed by atoms with Gasteiger partial charge in [0.25, 0.3) is 5.91 Å². The van der Waals surface area contributed by atoms with Gasteiger partial charge in [0.2, 0.25) is 5.89 Å². The van der Waals surface area contributed by atoms with Gasteiger partial charge in [0, 0.05) is 32.0 Å². The van der Waals surface area contributed by atoms with E-state index in [2.05, 4.69) is 10.1 Å². The van der Waals surface area contributed by atoms with Crippen LogP contribution in [0.2, 0.25) is 0 Å². The molecule has 1 spiro atoms. The normalized spacial score (nSPS) is 25.0. The number of ether oxygens (including phenoxy) is 1. The van der Waals surface area contributed by atoms with E-state index in [-0.39, 0.29) is 11.5 Å². The summed E-state index contributed by atoms with van der Waals surface area (Å²) in [5, 5.41) is 4.13. The van der Waals surface area contributed by atoms with E-state index < -0.39 is 0 Å². The van der Waals surface area contributed by atoms with Gasteiger partial charge in [0.15, 0.2) is 11.6 Å². The van der Waals surface area contributed by atoms with Gasteiger partial charge < -0.3 is 18.6 Å². The molecule has 0 N–H and O–H groups in total. The topological polar surface area (TPSA) is 81.6 Å². The first-order valence-corrected chi connectivity index (χ1v) is 10.00. The van der Waals surface area contributed by atoms with Gasteiger partial charge in [0.1, 0.15) is 0 Å². The number of furan rings is 1. The summed E-state index contributed by atoms with van der Waals surface area (Å²) in [7, 11) is 0. The van der Waals surface area contributed by atoms with E-state index in [4.69, 9.17) is 13.7 Å². The monoisotopic (exact) mass is 371 g/mol. The van der Waals surface area contributed by atoms with Crippen LogP contribution in [0.3, 0.4) is 0 Å². The molecule has 2 saturated heterocycles. The van der Waals surface area contributed by atoms with Crippen LogP contribution >= 0.6 is 0 Å². The Kier molecular flexibility index (Phi) is 4.27. The molecule has 1 atom stereocenters. The molecule has 0 bridgehead atoms. The van der Waals surface area contributed by atoms with Crippen molar-refractivity contribution in [1.29, 1.82) is 0 Å². The number of hydrogen-bond acceptors (Lipinski definition) is 6. The summed E-state index contributed by atoms with van der Waals surface area (Å²) in [4.78, 5) is 18.9. The Labute approximate surface area is 158 Å². The van der Waals surface area contributed by atoms with Gasteiger partial charge >= 0.3 is 0 Å². The molecule has 1 unspecified atom stereocenters.